The maximum absolute atomic E-state index is 13.3. The van der Waals surface area contributed by atoms with Crippen molar-refractivity contribution in [2.75, 3.05) is 58.4 Å². The van der Waals surface area contributed by atoms with Crippen molar-refractivity contribution in [1.82, 2.24) is 14.7 Å². The molecule has 0 atom stereocenters. The third kappa shape index (κ3) is 17.4. The van der Waals surface area contributed by atoms with E-state index in [9.17, 15) is 68.3 Å². The first-order chi connectivity index (χ1) is 49.7. The Hall–Kier alpha value is -10.5. The number of hydrogen-bond acceptors (Lipinski definition) is 9. The fourth-order valence-corrected chi connectivity index (χ4v) is 13.5. The Kier molecular flexibility index (Phi) is 22.5. The summed E-state index contributed by atoms with van der Waals surface area (Å²) in [6.45, 7) is 20.9. The Morgan fingerprint density at radius 2 is 0.792 bits per heavy atom. The zero-order chi connectivity index (χ0) is 77.4. The average Bonchev–Trinajstić information content (AvgIpc) is 0.810. The maximum Gasteiger partial charge on any atom is 0.416 e. The van der Waals surface area contributed by atoms with Crippen LogP contribution >= 0.6 is 0 Å². The number of urea groups is 3. The molecule has 6 heterocycles. The van der Waals surface area contributed by atoms with Crippen LogP contribution in [0.1, 0.15) is 158 Å². The number of halogens is 9. The van der Waals surface area contributed by atoms with Crippen molar-refractivity contribution >= 4 is 86.7 Å². The molecule has 0 bridgehead atoms. The van der Waals surface area contributed by atoms with Gasteiger partial charge in [0.1, 0.15) is 28.5 Å². The third-order valence-corrected chi connectivity index (χ3v) is 19.5. The molecular formula is C79H86F9N9O9. The number of amides is 9. The number of allylic oxidation sites excluding steroid dienone is 1. The number of fused-ring (bicyclic) bond motifs is 6. The molecule has 0 unspecified atom stereocenters. The van der Waals surface area contributed by atoms with E-state index in [4.69, 9.17) is 14.2 Å². The summed E-state index contributed by atoms with van der Waals surface area (Å²) in [6.07, 6.45) is -6.24. The molecule has 6 aromatic rings. The second-order valence-corrected chi connectivity index (χ2v) is 28.5. The maximum atomic E-state index is 13.3. The zero-order valence-electron chi connectivity index (χ0n) is 61.2. The fraction of sp³-hybridized carbons (Fsp3) is 0.392. The molecule has 6 aromatic carbocycles. The largest absolute Gasteiger partial charge is 0.493 e. The molecule has 0 saturated carbocycles. The molecule has 6 aliphatic heterocycles. The van der Waals surface area contributed by atoms with E-state index in [0.717, 1.165) is 70.2 Å². The molecule has 0 aromatic heterocycles. The van der Waals surface area contributed by atoms with Gasteiger partial charge in [-0.15, -0.1) is 0 Å². The predicted octanol–water partition coefficient (Wildman–Crippen LogP) is 18.6. The monoisotopic (exact) mass is 1480 g/mol. The molecule has 0 radical (unpaired) electrons. The topological polar surface area (TPSA) is 186 Å². The Morgan fingerprint density at radius 3 is 1.14 bits per heavy atom. The van der Waals surface area contributed by atoms with Crippen molar-refractivity contribution in [2.45, 2.75) is 175 Å². The van der Waals surface area contributed by atoms with Crippen LogP contribution in [0.15, 0.2) is 127 Å². The summed E-state index contributed by atoms with van der Waals surface area (Å²) in [5.74, 6) is -0.882. The summed E-state index contributed by atoms with van der Waals surface area (Å²) in [7, 11) is 5.09. The van der Waals surface area contributed by atoms with Crippen LogP contribution in [-0.4, -0.2) is 108 Å². The molecule has 0 fully saturated rings. The van der Waals surface area contributed by atoms with Gasteiger partial charge in [0.05, 0.1) is 40.4 Å². The van der Waals surface area contributed by atoms with Gasteiger partial charge in [-0.2, -0.15) is 39.5 Å². The van der Waals surface area contributed by atoms with Crippen LogP contribution < -0.4 is 44.9 Å². The molecule has 3 N–H and O–H groups in total. The lowest BCUT2D eigenvalue weighted by molar-refractivity contribution is -0.138. The molecule has 18 nitrogen and oxygen atoms in total. The summed E-state index contributed by atoms with van der Waals surface area (Å²) in [6, 6.07) is 26.1. The Bertz CT molecular complexity index is 4520. The SMILES string of the molecule is CC(C)N1Cc2ccc(NC(=O)/C=C3\CC(C)(C)Oc4cc(C(F)(F)F)ccc43)cc2N(C)C1=O.CC(C)N1Cc2ccc(NC(=O)/C=C3\CCCOc4cc(C(F)(F)F)ccc43)cc2N(C)C1=O.CCC1(CC)C/C(=C\C(=O)Nc2ccc3c(c2)N(C)C(=O)N(C(C)C)C3)c2ccc(C(F)(F)F)cc2O1. The number of nitrogens with one attached hydrogen (secondary N) is 3. The van der Waals surface area contributed by atoms with Crippen molar-refractivity contribution < 1.29 is 82.5 Å². The Morgan fingerprint density at radius 1 is 0.462 bits per heavy atom. The Balaban J connectivity index is 0.000000170. The average molecular weight is 1480 g/mol. The molecule has 12 rings (SSSR count). The highest BCUT2D eigenvalue weighted by atomic mass is 19.4. The van der Waals surface area contributed by atoms with Gasteiger partial charge in [-0.1, -0.05) is 50.2 Å². The first-order valence-electron chi connectivity index (χ1n) is 34.9. The molecule has 6 aliphatic rings. The summed E-state index contributed by atoms with van der Waals surface area (Å²) < 4.78 is 136. The van der Waals surface area contributed by atoms with Crippen LogP contribution in [0, 0.1) is 0 Å². The van der Waals surface area contributed by atoms with E-state index in [-0.39, 0.29) is 60.1 Å². The van der Waals surface area contributed by atoms with Gasteiger partial charge < -0.3 is 44.9 Å². The summed E-state index contributed by atoms with van der Waals surface area (Å²) >= 11 is 0. The fourth-order valence-electron chi connectivity index (χ4n) is 13.5. The van der Waals surface area contributed by atoms with Crippen molar-refractivity contribution in [3.05, 3.63) is 177 Å². The normalized spacial score (nSPS) is 17.9. The predicted molar refractivity (Wildman–Crippen MR) is 390 cm³/mol. The van der Waals surface area contributed by atoms with Gasteiger partial charge in [0.25, 0.3) is 0 Å². The van der Waals surface area contributed by atoms with Crippen molar-refractivity contribution in [3.63, 3.8) is 0 Å². The molecule has 106 heavy (non-hydrogen) atoms. The summed E-state index contributed by atoms with van der Waals surface area (Å²) in [5, 5.41) is 8.47. The lowest BCUT2D eigenvalue weighted by atomic mass is 9.83. The summed E-state index contributed by atoms with van der Waals surface area (Å²) in [5.41, 5.74) is 6.01. The number of carbonyl (C=O) groups is 6. The molecule has 9 amide bonds. The van der Waals surface area contributed by atoms with E-state index >= 15 is 0 Å². The van der Waals surface area contributed by atoms with Crippen LogP contribution in [0.4, 0.5) is 88.0 Å². The first kappa shape index (κ1) is 78.1. The number of carbonyl (C=O) groups excluding carboxylic acids is 6. The number of alkyl halides is 9. The number of nitrogens with zero attached hydrogens (tertiary/aromatic N) is 6. The molecular weight excluding hydrogens is 1390 g/mol. The van der Waals surface area contributed by atoms with Crippen LogP contribution in [0.5, 0.6) is 17.2 Å². The second-order valence-electron chi connectivity index (χ2n) is 28.5. The Labute approximate surface area is 609 Å². The number of benzene rings is 6. The second kappa shape index (κ2) is 30.5. The van der Waals surface area contributed by atoms with Crippen LogP contribution in [0.2, 0.25) is 0 Å². The van der Waals surface area contributed by atoms with Crippen molar-refractivity contribution in [1.29, 1.82) is 0 Å². The number of ether oxygens (including phenoxy) is 3. The van der Waals surface area contributed by atoms with Crippen LogP contribution in [0.3, 0.4) is 0 Å². The number of rotatable bonds is 11. The van der Waals surface area contributed by atoms with Gasteiger partial charge in [0.2, 0.25) is 17.7 Å². The highest BCUT2D eigenvalue weighted by molar-refractivity contribution is 6.08. The molecule has 0 saturated heterocycles. The van der Waals surface area contributed by atoms with E-state index in [0.29, 0.717) is 109 Å². The molecule has 0 aliphatic carbocycles. The molecule has 0 spiro atoms. The van der Waals surface area contributed by atoms with Gasteiger partial charge in [0, 0.05) is 124 Å². The quantitative estimate of drug-likeness (QED) is 0.0838. The van der Waals surface area contributed by atoms with Gasteiger partial charge in [-0.05, 0) is 187 Å². The van der Waals surface area contributed by atoms with Gasteiger partial charge in [0.15, 0.2) is 0 Å². The van der Waals surface area contributed by atoms with E-state index in [1.165, 1.54) is 36.4 Å². The third-order valence-electron chi connectivity index (χ3n) is 19.5. The standard InChI is InChI=1S/C28H32F3N3O3.C26H28F3N3O3.C25H26F3N3O3/c1-6-27(7-2)15-19(22-11-9-20(28(29,30)31)13-24(22)37-27)12-25(35)32-21-10-8-18-16-34(17(3)4)26(36)33(5)23(18)14-21;1-15(2)32-14-16-6-8-19(12-21(16)31(5)24(32)34)30-23(33)10-17-13-25(3,4)35-22-11-18(26(27,28)29)7-9-20(17)22;1-15(2)31-14-17-6-8-19(13-21(17)30(3)24(31)33)29-23(32)11-16-5-4-10-34-22-12-18(25(26,27)28)7-9-20(16)22/h8-14,17H,6-7,15-16H2,1-5H3,(H,32,35);6-12,15H,13-14H2,1-5H3,(H,30,33);6-9,11-13,15H,4-5,10,14H2,1-3H3,(H,29,32)/b19-12+;17-10+;16-11+. The van der Waals surface area contributed by atoms with Crippen LogP contribution in [-0.2, 0) is 52.5 Å². The van der Waals surface area contributed by atoms with Gasteiger partial charge in [-0.25, -0.2) is 14.4 Å². The lowest BCUT2D eigenvalue weighted by Crippen LogP contribution is -2.48. The van der Waals surface area contributed by atoms with Crippen molar-refractivity contribution in [3.8, 4) is 17.2 Å². The van der Waals surface area contributed by atoms with Gasteiger partial charge >= 0.3 is 36.6 Å². The van der Waals surface area contributed by atoms with Gasteiger partial charge in [-0.3, -0.25) is 29.1 Å². The van der Waals surface area contributed by atoms with Crippen LogP contribution in [0.25, 0.3) is 16.7 Å². The van der Waals surface area contributed by atoms with E-state index in [1.807, 2.05) is 73.6 Å². The summed E-state index contributed by atoms with van der Waals surface area (Å²) in [4.78, 5) is 86.7. The number of hydrogen-bond donors (Lipinski definition) is 3. The molecule has 27 heteroatoms. The smallest absolute Gasteiger partial charge is 0.416 e. The minimum absolute atomic E-state index is 0.0574. The van der Waals surface area contributed by atoms with Crippen molar-refractivity contribution in [2.24, 2.45) is 0 Å². The van der Waals surface area contributed by atoms with E-state index < -0.39 is 64.1 Å². The minimum atomic E-state index is -4.49. The lowest BCUT2D eigenvalue weighted by Gasteiger charge is -2.39. The minimum Gasteiger partial charge on any atom is -0.493 e. The van der Waals surface area contributed by atoms with E-state index in [2.05, 4.69) is 16.0 Å². The molecule has 564 valence electrons. The highest BCUT2D eigenvalue weighted by Crippen LogP contribution is 2.48. The highest BCUT2D eigenvalue weighted by Gasteiger charge is 2.41. The first-order valence-corrected chi connectivity index (χ1v) is 34.9. The number of anilines is 6. The van der Waals surface area contributed by atoms with E-state index in [1.54, 1.807) is 101 Å². The zero-order valence-corrected chi connectivity index (χ0v) is 61.2.